The monoisotopic (exact) mass is 328 g/mol. The van der Waals surface area contributed by atoms with E-state index in [1.807, 2.05) is 17.0 Å². The number of carbonyl (C=O) groups is 1. The predicted molar refractivity (Wildman–Crippen MR) is 89.1 cm³/mol. The molecule has 0 aliphatic carbocycles. The van der Waals surface area contributed by atoms with E-state index in [1.165, 1.54) is 12.1 Å². The molecule has 1 atom stereocenters. The molecule has 0 radical (unpaired) electrons. The molecule has 5 heteroatoms. The summed E-state index contributed by atoms with van der Waals surface area (Å²) in [5.41, 5.74) is 1.01. The smallest absolute Gasteiger partial charge is 0.223 e. The van der Waals surface area contributed by atoms with E-state index in [9.17, 15) is 9.18 Å². The number of rotatable bonds is 6. The number of pyridine rings is 1. The van der Waals surface area contributed by atoms with Gasteiger partial charge in [0, 0.05) is 19.2 Å². The fourth-order valence-corrected chi connectivity index (χ4v) is 3.09. The van der Waals surface area contributed by atoms with Crippen molar-refractivity contribution in [2.24, 2.45) is 0 Å². The molecule has 4 nitrogen and oxygen atoms in total. The number of carbonyl (C=O) groups excluding carboxylic acids is 1. The maximum atomic E-state index is 13.1. The predicted octanol–water partition coefficient (Wildman–Crippen LogP) is 3.74. The molecular weight excluding hydrogens is 307 g/mol. The molecule has 1 aliphatic rings. The molecule has 0 N–H and O–H groups in total. The van der Waals surface area contributed by atoms with Gasteiger partial charge in [0.2, 0.25) is 5.91 Å². The molecule has 1 aromatic carbocycles. The van der Waals surface area contributed by atoms with Gasteiger partial charge in [0.15, 0.2) is 0 Å². The minimum Gasteiger partial charge on any atom is -0.492 e. The molecule has 126 valence electrons. The maximum absolute atomic E-state index is 13.1. The summed E-state index contributed by atoms with van der Waals surface area (Å²) in [5, 5.41) is 0. The molecule has 1 fully saturated rings. The lowest BCUT2D eigenvalue weighted by molar-refractivity contribution is -0.132. The standard InChI is InChI=1S/C19H21FN2O2/c20-16-9-7-15(8-10-16)18-5-2-12-22(18)19(23)6-3-13-24-17-4-1-11-21-14-17/h1,4,7-11,14,18H,2-3,5-6,12-13H2. The third-order valence-electron chi connectivity index (χ3n) is 4.27. The van der Waals surface area contributed by atoms with Crippen LogP contribution in [0.4, 0.5) is 4.39 Å². The molecular formula is C19H21FN2O2. The van der Waals surface area contributed by atoms with E-state index in [2.05, 4.69) is 4.98 Å². The Labute approximate surface area is 141 Å². The first kappa shape index (κ1) is 16.4. The number of halogens is 1. The molecule has 0 bridgehead atoms. The van der Waals surface area contributed by atoms with E-state index >= 15 is 0 Å². The van der Waals surface area contributed by atoms with Gasteiger partial charge in [-0.15, -0.1) is 0 Å². The summed E-state index contributed by atoms with van der Waals surface area (Å²) in [5.74, 6) is 0.606. The zero-order valence-electron chi connectivity index (χ0n) is 13.5. The van der Waals surface area contributed by atoms with Crippen molar-refractivity contribution in [3.63, 3.8) is 0 Å². The zero-order valence-corrected chi connectivity index (χ0v) is 13.5. The van der Waals surface area contributed by atoms with Gasteiger partial charge in [0.25, 0.3) is 0 Å². The minimum atomic E-state index is -0.248. The van der Waals surface area contributed by atoms with Crippen molar-refractivity contribution in [3.05, 3.63) is 60.2 Å². The number of amides is 1. The Bertz CT molecular complexity index is 661. The molecule has 1 aliphatic heterocycles. The molecule has 2 aromatic rings. The molecule has 24 heavy (non-hydrogen) atoms. The van der Waals surface area contributed by atoms with Crippen LogP contribution in [0.15, 0.2) is 48.8 Å². The summed E-state index contributed by atoms with van der Waals surface area (Å²) >= 11 is 0. The van der Waals surface area contributed by atoms with E-state index in [0.29, 0.717) is 19.4 Å². The van der Waals surface area contributed by atoms with Crippen LogP contribution in [-0.4, -0.2) is 28.9 Å². The van der Waals surface area contributed by atoms with Crippen LogP contribution < -0.4 is 4.74 Å². The van der Waals surface area contributed by atoms with Crippen LogP contribution in [0.2, 0.25) is 0 Å². The molecule has 1 unspecified atom stereocenters. The Morgan fingerprint density at radius 2 is 2.12 bits per heavy atom. The van der Waals surface area contributed by atoms with Gasteiger partial charge in [0.05, 0.1) is 18.8 Å². The lowest BCUT2D eigenvalue weighted by Gasteiger charge is -2.25. The Morgan fingerprint density at radius 1 is 1.29 bits per heavy atom. The lowest BCUT2D eigenvalue weighted by atomic mass is 10.0. The lowest BCUT2D eigenvalue weighted by Crippen LogP contribution is -2.30. The minimum absolute atomic E-state index is 0.0670. The highest BCUT2D eigenvalue weighted by Crippen LogP contribution is 2.32. The second-order valence-corrected chi connectivity index (χ2v) is 5.94. The van der Waals surface area contributed by atoms with Gasteiger partial charge in [-0.2, -0.15) is 0 Å². The van der Waals surface area contributed by atoms with E-state index in [4.69, 9.17) is 4.74 Å². The molecule has 3 rings (SSSR count). The van der Waals surface area contributed by atoms with Gasteiger partial charge in [-0.05, 0) is 49.1 Å². The van der Waals surface area contributed by atoms with E-state index in [0.717, 1.165) is 30.7 Å². The third kappa shape index (κ3) is 4.10. The molecule has 0 saturated carbocycles. The van der Waals surface area contributed by atoms with Gasteiger partial charge in [-0.1, -0.05) is 12.1 Å². The summed E-state index contributed by atoms with van der Waals surface area (Å²) in [4.78, 5) is 18.4. The van der Waals surface area contributed by atoms with Crippen LogP contribution in [-0.2, 0) is 4.79 Å². The summed E-state index contributed by atoms with van der Waals surface area (Å²) in [6.45, 7) is 1.26. The Kier molecular flexibility index (Phi) is 5.41. The summed E-state index contributed by atoms with van der Waals surface area (Å²) in [6, 6.07) is 10.2. The number of likely N-dealkylation sites (tertiary alicyclic amines) is 1. The van der Waals surface area contributed by atoms with Gasteiger partial charge < -0.3 is 9.64 Å². The first-order valence-electron chi connectivity index (χ1n) is 8.32. The number of aromatic nitrogens is 1. The number of hydrogen-bond acceptors (Lipinski definition) is 3. The normalized spacial score (nSPS) is 17.0. The fourth-order valence-electron chi connectivity index (χ4n) is 3.09. The van der Waals surface area contributed by atoms with E-state index in [-0.39, 0.29) is 17.8 Å². The molecule has 1 aromatic heterocycles. The summed E-state index contributed by atoms with van der Waals surface area (Å²) < 4.78 is 18.6. The zero-order chi connectivity index (χ0) is 16.8. The average molecular weight is 328 g/mol. The second kappa shape index (κ2) is 7.90. The Morgan fingerprint density at radius 3 is 2.88 bits per heavy atom. The van der Waals surface area contributed by atoms with Crippen molar-refractivity contribution in [1.82, 2.24) is 9.88 Å². The number of ether oxygens (including phenoxy) is 1. The first-order valence-corrected chi connectivity index (χ1v) is 8.32. The Balaban J connectivity index is 1.49. The van der Waals surface area contributed by atoms with Gasteiger partial charge in [0.1, 0.15) is 11.6 Å². The Hall–Kier alpha value is -2.43. The summed E-state index contributed by atoms with van der Waals surface area (Å²) in [7, 11) is 0. The number of hydrogen-bond donors (Lipinski definition) is 0. The van der Waals surface area contributed by atoms with Gasteiger partial charge in [-0.25, -0.2) is 4.39 Å². The highest BCUT2D eigenvalue weighted by molar-refractivity contribution is 5.77. The topological polar surface area (TPSA) is 42.4 Å². The molecule has 1 saturated heterocycles. The van der Waals surface area contributed by atoms with E-state index in [1.54, 1.807) is 24.5 Å². The first-order chi connectivity index (χ1) is 11.7. The molecule has 0 spiro atoms. The van der Waals surface area contributed by atoms with Crippen molar-refractivity contribution >= 4 is 5.91 Å². The van der Waals surface area contributed by atoms with Crippen LogP contribution >= 0.6 is 0 Å². The van der Waals surface area contributed by atoms with Crippen LogP contribution in [0.1, 0.15) is 37.3 Å². The number of nitrogens with zero attached hydrogens (tertiary/aromatic N) is 2. The SMILES string of the molecule is O=C(CCCOc1cccnc1)N1CCCC1c1ccc(F)cc1. The maximum Gasteiger partial charge on any atom is 0.223 e. The van der Waals surface area contributed by atoms with Crippen molar-refractivity contribution in [1.29, 1.82) is 0 Å². The third-order valence-corrected chi connectivity index (χ3v) is 4.27. The highest BCUT2D eigenvalue weighted by Gasteiger charge is 2.29. The fraction of sp³-hybridized carbons (Fsp3) is 0.368. The van der Waals surface area contributed by atoms with Crippen molar-refractivity contribution < 1.29 is 13.9 Å². The van der Waals surface area contributed by atoms with Crippen LogP contribution in [0.3, 0.4) is 0 Å². The second-order valence-electron chi connectivity index (χ2n) is 5.94. The van der Waals surface area contributed by atoms with Gasteiger partial charge >= 0.3 is 0 Å². The van der Waals surface area contributed by atoms with Crippen molar-refractivity contribution in [2.75, 3.05) is 13.2 Å². The average Bonchev–Trinajstić information content (AvgIpc) is 3.10. The van der Waals surface area contributed by atoms with Crippen LogP contribution in [0, 0.1) is 5.82 Å². The van der Waals surface area contributed by atoms with Crippen molar-refractivity contribution in [3.8, 4) is 5.75 Å². The highest BCUT2D eigenvalue weighted by atomic mass is 19.1. The molecule has 1 amide bonds. The van der Waals surface area contributed by atoms with Crippen LogP contribution in [0.5, 0.6) is 5.75 Å². The quantitative estimate of drug-likeness (QED) is 0.759. The van der Waals surface area contributed by atoms with Crippen molar-refractivity contribution in [2.45, 2.75) is 31.7 Å². The van der Waals surface area contributed by atoms with E-state index < -0.39 is 0 Å². The largest absolute Gasteiger partial charge is 0.492 e. The van der Waals surface area contributed by atoms with Crippen LogP contribution in [0.25, 0.3) is 0 Å². The van der Waals surface area contributed by atoms with Gasteiger partial charge in [-0.3, -0.25) is 9.78 Å². The number of benzene rings is 1. The molecule has 2 heterocycles. The summed E-state index contributed by atoms with van der Waals surface area (Å²) in [6.07, 6.45) is 6.40.